The quantitative estimate of drug-likeness (QED) is 0.448. The van der Waals surface area contributed by atoms with Crippen molar-refractivity contribution in [3.8, 4) is 0 Å². The molecule has 0 aliphatic heterocycles. The Labute approximate surface area is 125 Å². The van der Waals surface area contributed by atoms with Crippen molar-refractivity contribution in [2.24, 2.45) is 5.92 Å². The number of carboxylic acid groups (broad SMARTS) is 1. The molecular formula is C14H26N2O5. The maximum absolute atomic E-state index is 11.9. The summed E-state index contributed by atoms with van der Waals surface area (Å²) in [5.41, 5.74) is 0. The summed E-state index contributed by atoms with van der Waals surface area (Å²) in [7, 11) is 0. The van der Waals surface area contributed by atoms with E-state index in [2.05, 4.69) is 10.6 Å². The lowest BCUT2D eigenvalue weighted by Gasteiger charge is -2.18. The van der Waals surface area contributed by atoms with Crippen LogP contribution in [0.1, 0.15) is 46.5 Å². The van der Waals surface area contributed by atoms with Crippen molar-refractivity contribution in [3.05, 3.63) is 0 Å². The second-order valence-electron chi connectivity index (χ2n) is 5.52. The number of nitrogens with one attached hydrogen (secondary N) is 2. The Morgan fingerprint density at radius 1 is 1.10 bits per heavy atom. The molecule has 4 N–H and O–H groups in total. The Bertz CT molecular complexity index is 355. The third-order valence-corrected chi connectivity index (χ3v) is 2.94. The molecule has 21 heavy (non-hydrogen) atoms. The average Bonchev–Trinajstić information content (AvgIpc) is 2.35. The van der Waals surface area contributed by atoms with Crippen LogP contribution in [0.2, 0.25) is 0 Å². The monoisotopic (exact) mass is 302 g/mol. The van der Waals surface area contributed by atoms with Crippen LogP contribution in [0, 0.1) is 5.92 Å². The normalized spacial score (nSPS) is 13.6. The van der Waals surface area contributed by atoms with Crippen molar-refractivity contribution >= 4 is 17.8 Å². The van der Waals surface area contributed by atoms with Crippen molar-refractivity contribution < 1.29 is 24.6 Å². The molecule has 7 nitrogen and oxygen atoms in total. The molecule has 0 rings (SSSR count). The zero-order valence-corrected chi connectivity index (χ0v) is 12.9. The Morgan fingerprint density at radius 3 is 2.19 bits per heavy atom. The van der Waals surface area contributed by atoms with Gasteiger partial charge in [0.2, 0.25) is 5.91 Å². The standard InChI is InChI=1S/C14H26N2O5/c1-9(2)8-11(16-14(20)21)13(19)15-7-5-4-6-12(18)10(3)17/h9-11,16-17H,4-8H2,1-3H3,(H,15,19)(H,20,21)/t10?,11-/m0/s1. The van der Waals surface area contributed by atoms with Gasteiger partial charge >= 0.3 is 6.09 Å². The molecule has 0 aromatic carbocycles. The van der Waals surface area contributed by atoms with Crippen molar-refractivity contribution in [2.45, 2.75) is 58.6 Å². The van der Waals surface area contributed by atoms with Gasteiger partial charge < -0.3 is 20.8 Å². The molecule has 2 atom stereocenters. The van der Waals surface area contributed by atoms with Crippen LogP contribution in [0.25, 0.3) is 0 Å². The van der Waals surface area contributed by atoms with E-state index in [1.165, 1.54) is 6.92 Å². The number of aliphatic hydroxyl groups is 1. The number of carbonyl (C=O) groups excluding carboxylic acids is 2. The van der Waals surface area contributed by atoms with Crippen molar-refractivity contribution in [2.75, 3.05) is 6.54 Å². The first kappa shape index (κ1) is 19.4. The minimum Gasteiger partial charge on any atom is -0.465 e. The molecule has 0 spiro atoms. The molecule has 122 valence electrons. The fourth-order valence-corrected chi connectivity index (χ4v) is 1.82. The molecule has 0 aliphatic carbocycles. The maximum atomic E-state index is 11.9. The second kappa shape index (κ2) is 10.1. The van der Waals surface area contributed by atoms with Gasteiger partial charge in [-0.05, 0) is 32.1 Å². The van der Waals surface area contributed by atoms with E-state index in [4.69, 9.17) is 10.2 Å². The summed E-state index contributed by atoms with van der Waals surface area (Å²) in [6.45, 7) is 5.62. The molecule has 0 aromatic heterocycles. The SMILES string of the molecule is CC(C)C[C@H](NC(=O)O)C(=O)NCCCCC(=O)C(C)O. The molecule has 0 saturated carbocycles. The highest BCUT2D eigenvalue weighted by atomic mass is 16.4. The molecule has 1 unspecified atom stereocenters. The first-order valence-electron chi connectivity index (χ1n) is 7.22. The smallest absolute Gasteiger partial charge is 0.405 e. The van der Waals surface area contributed by atoms with E-state index in [1.54, 1.807) is 0 Å². The maximum Gasteiger partial charge on any atom is 0.405 e. The largest absolute Gasteiger partial charge is 0.465 e. The van der Waals surface area contributed by atoms with Gasteiger partial charge in [-0.2, -0.15) is 0 Å². The highest BCUT2D eigenvalue weighted by Gasteiger charge is 2.21. The second-order valence-corrected chi connectivity index (χ2v) is 5.52. The first-order valence-corrected chi connectivity index (χ1v) is 7.22. The molecule has 0 aromatic rings. The number of hydrogen-bond donors (Lipinski definition) is 4. The minimum absolute atomic E-state index is 0.191. The summed E-state index contributed by atoms with van der Waals surface area (Å²) in [6, 6.07) is -0.762. The van der Waals surface area contributed by atoms with Gasteiger partial charge in [-0.25, -0.2) is 4.79 Å². The van der Waals surface area contributed by atoms with E-state index in [1.807, 2.05) is 13.8 Å². The van der Waals surface area contributed by atoms with Crippen molar-refractivity contribution in [3.63, 3.8) is 0 Å². The van der Waals surface area contributed by atoms with Crippen LogP contribution in [-0.2, 0) is 9.59 Å². The van der Waals surface area contributed by atoms with E-state index >= 15 is 0 Å². The third-order valence-electron chi connectivity index (χ3n) is 2.94. The summed E-state index contributed by atoms with van der Waals surface area (Å²) in [6.07, 6.45) is -0.292. The zero-order chi connectivity index (χ0) is 16.4. The first-order chi connectivity index (χ1) is 9.73. The number of amides is 2. The number of Topliss-reactive ketones (excluding diaryl/α,β-unsaturated/α-hetero) is 1. The number of unbranched alkanes of at least 4 members (excludes halogenated alkanes) is 1. The van der Waals surface area contributed by atoms with Crippen LogP contribution < -0.4 is 10.6 Å². The third kappa shape index (κ3) is 9.84. The average molecular weight is 302 g/mol. The van der Waals surface area contributed by atoms with Gasteiger partial charge in [-0.15, -0.1) is 0 Å². The van der Waals surface area contributed by atoms with Crippen molar-refractivity contribution in [1.82, 2.24) is 10.6 Å². The summed E-state index contributed by atoms with van der Waals surface area (Å²) >= 11 is 0. The molecule has 0 radical (unpaired) electrons. The lowest BCUT2D eigenvalue weighted by atomic mass is 10.0. The van der Waals surface area contributed by atoms with E-state index in [9.17, 15) is 14.4 Å². The number of hydrogen-bond acceptors (Lipinski definition) is 4. The van der Waals surface area contributed by atoms with Crippen LogP contribution in [0.4, 0.5) is 4.79 Å². The molecule has 7 heteroatoms. The minimum atomic E-state index is -1.22. The highest BCUT2D eigenvalue weighted by molar-refractivity contribution is 5.85. The Morgan fingerprint density at radius 2 is 1.71 bits per heavy atom. The van der Waals surface area contributed by atoms with E-state index in [0.29, 0.717) is 25.8 Å². The predicted molar refractivity (Wildman–Crippen MR) is 78.0 cm³/mol. The molecule has 0 fully saturated rings. The van der Waals surface area contributed by atoms with Gasteiger partial charge in [0.1, 0.15) is 12.1 Å². The topological polar surface area (TPSA) is 116 Å². The van der Waals surface area contributed by atoms with Gasteiger partial charge in [-0.1, -0.05) is 13.8 Å². The summed E-state index contributed by atoms with van der Waals surface area (Å²) < 4.78 is 0. The van der Waals surface area contributed by atoms with Gasteiger partial charge in [-0.3, -0.25) is 9.59 Å². The summed E-state index contributed by atoms with van der Waals surface area (Å²) in [4.78, 5) is 33.7. The fourth-order valence-electron chi connectivity index (χ4n) is 1.82. The lowest BCUT2D eigenvalue weighted by molar-refractivity contribution is -0.126. The number of carbonyl (C=O) groups is 3. The van der Waals surface area contributed by atoms with Crippen LogP contribution in [0.5, 0.6) is 0 Å². The van der Waals surface area contributed by atoms with Gasteiger partial charge in [0.15, 0.2) is 5.78 Å². The zero-order valence-electron chi connectivity index (χ0n) is 12.9. The Hall–Kier alpha value is -1.63. The number of rotatable bonds is 10. The molecule has 0 bridgehead atoms. The van der Waals surface area contributed by atoms with Gasteiger partial charge in [0.25, 0.3) is 0 Å². The van der Waals surface area contributed by atoms with Crippen LogP contribution in [-0.4, -0.2) is 46.7 Å². The van der Waals surface area contributed by atoms with Crippen molar-refractivity contribution in [1.29, 1.82) is 0 Å². The Kier molecular flexibility index (Phi) is 9.36. The fraction of sp³-hybridized carbons (Fsp3) is 0.786. The molecule has 0 aliphatic rings. The number of ketones is 1. The lowest BCUT2D eigenvalue weighted by Crippen LogP contribution is -2.47. The number of aliphatic hydroxyl groups excluding tert-OH is 1. The molecule has 0 saturated heterocycles. The van der Waals surface area contributed by atoms with E-state index in [-0.39, 0.29) is 24.0 Å². The molecule has 2 amide bonds. The molecule has 0 heterocycles. The van der Waals surface area contributed by atoms with Gasteiger partial charge in [0, 0.05) is 13.0 Å². The summed E-state index contributed by atoms with van der Waals surface area (Å²) in [5.74, 6) is -0.379. The van der Waals surface area contributed by atoms with E-state index in [0.717, 1.165) is 0 Å². The van der Waals surface area contributed by atoms with Crippen LogP contribution in [0.3, 0.4) is 0 Å². The van der Waals surface area contributed by atoms with Crippen LogP contribution in [0.15, 0.2) is 0 Å². The molecular weight excluding hydrogens is 276 g/mol. The predicted octanol–water partition coefficient (Wildman–Crippen LogP) is 0.905. The summed E-state index contributed by atoms with van der Waals surface area (Å²) in [5, 5.41) is 22.6. The highest BCUT2D eigenvalue weighted by Crippen LogP contribution is 2.05. The Balaban J connectivity index is 4.02. The van der Waals surface area contributed by atoms with Gasteiger partial charge in [0.05, 0.1) is 0 Å². The van der Waals surface area contributed by atoms with E-state index < -0.39 is 18.2 Å². The van der Waals surface area contributed by atoms with Crippen LogP contribution >= 0.6 is 0 Å².